The molecule has 6 nitrogen and oxygen atoms in total. The lowest BCUT2D eigenvalue weighted by Gasteiger charge is -2.08. The molecule has 0 radical (unpaired) electrons. The van der Waals surface area contributed by atoms with Crippen LogP contribution in [0.25, 0.3) is 22.2 Å². The van der Waals surface area contributed by atoms with E-state index in [0.717, 1.165) is 22.2 Å². The summed E-state index contributed by atoms with van der Waals surface area (Å²) in [5.41, 5.74) is 3.50. The van der Waals surface area contributed by atoms with E-state index in [0.29, 0.717) is 32.9 Å². The highest BCUT2D eigenvalue weighted by Crippen LogP contribution is 2.33. The zero-order valence-electron chi connectivity index (χ0n) is 16.5. The van der Waals surface area contributed by atoms with Crippen LogP contribution in [0.1, 0.15) is 16.1 Å². The number of aryl methyl sites for hydroxylation is 1. The van der Waals surface area contributed by atoms with Crippen LogP contribution in [0, 0.1) is 6.92 Å². The van der Waals surface area contributed by atoms with Gasteiger partial charge in [0.05, 0.1) is 36.7 Å². The zero-order valence-corrected chi connectivity index (χ0v) is 18.1. The SMILES string of the molecule is COc1ccc(-c2csc(NC(=O)c3cc4cc(Cl)ccc4nc3C)n2)cc1OC. The predicted molar refractivity (Wildman–Crippen MR) is 120 cm³/mol. The molecule has 0 unspecified atom stereocenters. The van der Waals surface area contributed by atoms with Crippen LogP contribution in [0.2, 0.25) is 5.02 Å². The van der Waals surface area contributed by atoms with Crippen molar-refractivity contribution in [1.29, 1.82) is 0 Å². The van der Waals surface area contributed by atoms with E-state index in [9.17, 15) is 4.79 Å². The van der Waals surface area contributed by atoms with Crippen molar-refractivity contribution >= 4 is 44.9 Å². The van der Waals surface area contributed by atoms with Gasteiger partial charge in [0.15, 0.2) is 16.6 Å². The van der Waals surface area contributed by atoms with Crippen molar-refractivity contribution < 1.29 is 14.3 Å². The van der Waals surface area contributed by atoms with Gasteiger partial charge in [0, 0.05) is 21.4 Å². The number of carbonyl (C=O) groups is 1. The summed E-state index contributed by atoms with van der Waals surface area (Å²) in [7, 11) is 3.17. The fourth-order valence-electron chi connectivity index (χ4n) is 3.10. The first kappa shape index (κ1) is 20.1. The van der Waals surface area contributed by atoms with Crippen LogP contribution in [0.15, 0.2) is 47.8 Å². The van der Waals surface area contributed by atoms with E-state index < -0.39 is 0 Å². The van der Waals surface area contributed by atoms with E-state index in [2.05, 4.69) is 15.3 Å². The van der Waals surface area contributed by atoms with Crippen LogP contribution >= 0.6 is 22.9 Å². The molecule has 0 bridgehead atoms. The van der Waals surface area contributed by atoms with Crippen LogP contribution in [-0.4, -0.2) is 30.1 Å². The van der Waals surface area contributed by atoms with Crippen LogP contribution in [0.5, 0.6) is 11.5 Å². The lowest BCUT2D eigenvalue weighted by Crippen LogP contribution is -2.14. The van der Waals surface area contributed by atoms with Gasteiger partial charge in [-0.05, 0) is 49.4 Å². The molecule has 0 saturated carbocycles. The standard InChI is InChI=1S/C22H18ClN3O3S/c1-12-16(9-14-8-15(23)5-6-17(14)24-12)21(27)26-22-25-18(11-30-22)13-4-7-19(28-2)20(10-13)29-3/h4-11H,1-3H3,(H,25,26,27). The molecule has 0 atom stereocenters. The second kappa shape index (κ2) is 8.30. The Balaban J connectivity index is 1.59. The van der Waals surface area contributed by atoms with Crippen LogP contribution < -0.4 is 14.8 Å². The largest absolute Gasteiger partial charge is 0.493 e. The molecule has 4 aromatic rings. The minimum absolute atomic E-state index is 0.268. The van der Waals surface area contributed by atoms with E-state index >= 15 is 0 Å². The number of rotatable bonds is 5. The molecule has 4 rings (SSSR count). The first-order chi connectivity index (χ1) is 14.5. The summed E-state index contributed by atoms with van der Waals surface area (Å²) < 4.78 is 10.6. The molecule has 2 aromatic heterocycles. The Bertz CT molecular complexity index is 1260. The summed E-state index contributed by atoms with van der Waals surface area (Å²) in [5, 5.41) is 6.64. The third-order valence-electron chi connectivity index (χ3n) is 4.62. The topological polar surface area (TPSA) is 73.3 Å². The van der Waals surface area contributed by atoms with E-state index in [-0.39, 0.29) is 5.91 Å². The zero-order chi connectivity index (χ0) is 21.3. The molecule has 8 heteroatoms. The van der Waals surface area contributed by atoms with Gasteiger partial charge in [0.2, 0.25) is 0 Å². The van der Waals surface area contributed by atoms with Gasteiger partial charge >= 0.3 is 0 Å². The summed E-state index contributed by atoms with van der Waals surface area (Å²) >= 11 is 7.41. The number of amides is 1. The van der Waals surface area contributed by atoms with Crippen molar-refractivity contribution in [3.8, 4) is 22.8 Å². The van der Waals surface area contributed by atoms with Gasteiger partial charge in [-0.2, -0.15) is 0 Å². The molecule has 0 spiro atoms. The summed E-state index contributed by atoms with van der Waals surface area (Å²) in [5.74, 6) is 0.990. The Hall–Kier alpha value is -3.16. The molecule has 30 heavy (non-hydrogen) atoms. The molecule has 1 amide bonds. The number of carbonyl (C=O) groups excluding carboxylic acids is 1. The maximum atomic E-state index is 12.8. The molecule has 0 aliphatic heterocycles. The number of nitrogens with zero attached hydrogens (tertiary/aromatic N) is 2. The molecule has 0 saturated heterocycles. The molecule has 152 valence electrons. The smallest absolute Gasteiger partial charge is 0.259 e. The number of ether oxygens (including phenoxy) is 2. The number of hydrogen-bond acceptors (Lipinski definition) is 6. The average molecular weight is 440 g/mol. The Morgan fingerprint density at radius 1 is 1.03 bits per heavy atom. The van der Waals surface area contributed by atoms with Crippen molar-refractivity contribution in [2.45, 2.75) is 6.92 Å². The van der Waals surface area contributed by atoms with Gasteiger partial charge < -0.3 is 9.47 Å². The van der Waals surface area contributed by atoms with Crippen LogP contribution in [0.4, 0.5) is 5.13 Å². The third kappa shape index (κ3) is 3.94. The number of nitrogens with one attached hydrogen (secondary N) is 1. The predicted octanol–water partition coefficient (Wildman–Crippen LogP) is 5.59. The first-order valence-corrected chi connectivity index (χ1v) is 10.3. The molecule has 2 heterocycles. The van der Waals surface area contributed by atoms with Gasteiger partial charge in [-0.25, -0.2) is 4.98 Å². The van der Waals surface area contributed by atoms with Gasteiger partial charge in [-0.15, -0.1) is 11.3 Å². The molecule has 2 aromatic carbocycles. The molecule has 0 fully saturated rings. The first-order valence-electron chi connectivity index (χ1n) is 9.04. The highest BCUT2D eigenvalue weighted by atomic mass is 35.5. The lowest BCUT2D eigenvalue weighted by atomic mass is 10.1. The van der Waals surface area contributed by atoms with Crippen molar-refractivity contribution in [2.75, 3.05) is 19.5 Å². The summed E-state index contributed by atoms with van der Waals surface area (Å²) in [4.78, 5) is 21.9. The normalized spacial score (nSPS) is 10.8. The van der Waals surface area contributed by atoms with Gasteiger partial charge in [0.25, 0.3) is 5.91 Å². The van der Waals surface area contributed by atoms with Crippen molar-refractivity contribution in [3.05, 3.63) is 64.1 Å². The third-order valence-corrected chi connectivity index (χ3v) is 5.61. The molecular formula is C22H18ClN3O3S. The minimum atomic E-state index is -0.268. The molecule has 0 aliphatic rings. The maximum Gasteiger partial charge on any atom is 0.259 e. The molecular weight excluding hydrogens is 422 g/mol. The second-order valence-electron chi connectivity index (χ2n) is 6.52. The van der Waals surface area contributed by atoms with Gasteiger partial charge in [-0.1, -0.05) is 11.6 Å². The number of methoxy groups -OCH3 is 2. The maximum absolute atomic E-state index is 12.8. The lowest BCUT2D eigenvalue weighted by molar-refractivity contribution is 0.102. The Kier molecular flexibility index (Phi) is 5.57. The van der Waals surface area contributed by atoms with Crippen molar-refractivity contribution in [1.82, 2.24) is 9.97 Å². The minimum Gasteiger partial charge on any atom is -0.493 e. The fourth-order valence-corrected chi connectivity index (χ4v) is 3.99. The van der Waals surface area contributed by atoms with E-state index in [1.165, 1.54) is 11.3 Å². The Morgan fingerprint density at radius 2 is 1.83 bits per heavy atom. The average Bonchev–Trinajstić information content (AvgIpc) is 3.21. The highest BCUT2D eigenvalue weighted by molar-refractivity contribution is 7.14. The monoisotopic (exact) mass is 439 g/mol. The fraction of sp³-hybridized carbons (Fsp3) is 0.136. The van der Waals surface area contributed by atoms with Gasteiger partial charge in [-0.3, -0.25) is 15.1 Å². The Labute approximate surface area is 182 Å². The quantitative estimate of drug-likeness (QED) is 0.438. The number of benzene rings is 2. The number of fused-ring (bicyclic) bond motifs is 1. The van der Waals surface area contributed by atoms with E-state index in [1.54, 1.807) is 39.3 Å². The highest BCUT2D eigenvalue weighted by Gasteiger charge is 2.15. The summed E-state index contributed by atoms with van der Waals surface area (Å²) in [6.07, 6.45) is 0. The number of thiazole rings is 1. The number of anilines is 1. The summed E-state index contributed by atoms with van der Waals surface area (Å²) in [6.45, 7) is 1.81. The number of hydrogen-bond donors (Lipinski definition) is 1. The summed E-state index contributed by atoms with van der Waals surface area (Å²) in [6, 6.07) is 12.8. The second-order valence-corrected chi connectivity index (χ2v) is 7.81. The number of pyridine rings is 1. The van der Waals surface area contributed by atoms with Crippen molar-refractivity contribution in [3.63, 3.8) is 0 Å². The van der Waals surface area contributed by atoms with Crippen molar-refractivity contribution in [2.24, 2.45) is 0 Å². The van der Waals surface area contributed by atoms with E-state index in [1.807, 2.05) is 29.6 Å². The Morgan fingerprint density at radius 3 is 2.60 bits per heavy atom. The number of aromatic nitrogens is 2. The molecule has 0 aliphatic carbocycles. The van der Waals surface area contributed by atoms with Crippen LogP contribution in [-0.2, 0) is 0 Å². The number of halogens is 1. The van der Waals surface area contributed by atoms with Gasteiger partial charge in [0.1, 0.15) is 0 Å². The van der Waals surface area contributed by atoms with Crippen LogP contribution in [0.3, 0.4) is 0 Å². The van der Waals surface area contributed by atoms with E-state index in [4.69, 9.17) is 21.1 Å². The molecule has 1 N–H and O–H groups in total.